The molecular weight excluding hydrogens is 374 g/mol. The molecule has 1 saturated heterocycles. The van der Waals surface area contributed by atoms with Crippen molar-refractivity contribution in [3.8, 4) is 5.75 Å². The molecule has 3 aliphatic rings. The molecule has 2 aliphatic carbocycles. The maximum atomic E-state index is 12.5. The SMILES string of the molecule is CN(C)C1C[C@@H]2CC(N(C)Cc3ccccc3OCC(=O)N3CCCCC3)C[C@@H]2C1. The van der Waals surface area contributed by atoms with Gasteiger partial charge in [0.05, 0.1) is 0 Å². The summed E-state index contributed by atoms with van der Waals surface area (Å²) >= 11 is 0. The molecule has 30 heavy (non-hydrogen) atoms. The quantitative estimate of drug-likeness (QED) is 0.684. The number of rotatable bonds is 7. The van der Waals surface area contributed by atoms with Gasteiger partial charge < -0.3 is 14.5 Å². The van der Waals surface area contributed by atoms with Crippen LogP contribution in [-0.4, -0.2) is 73.5 Å². The molecule has 5 heteroatoms. The second-order valence-corrected chi connectivity index (χ2v) is 9.99. The van der Waals surface area contributed by atoms with Gasteiger partial charge in [-0.25, -0.2) is 0 Å². The van der Waals surface area contributed by atoms with E-state index in [0.717, 1.165) is 56.1 Å². The highest BCUT2D eigenvalue weighted by atomic mass is 16.5. The van der Waals surface area contributed by atoms with E-state index in [1.807, 2.05) is 17.0 Å². The standard InChI is InChI=1S/C25H39N3O2/c1-26(2)22-13-20-15-23(16-21(20)14-22)27(3)17-19-9-5-6-10-24(19)30-18-25(29)28-11-7-4-8-12-28/h5-6,9-10,20-23H,4,7-8,11-18H2,1-3H3/t20-,21+,22?,23?. The smallest absolute Gasteiger partial charge is 0.260 e. The number of amides is 1. The molecule has 4 rings (SSSR count). The fourth-order valence-corrected chi connectivity index (χ4v) is 5.88. The van der Waals surface area contributed by atoms with Gasteiger partial charge in [-0.1, -0.05) is 18.2 Å². The highest BCUT2D eigenvalue weighted by Gasteiger charge is 2.43. The Balaban J connectivity index is 1.30. The summed E-state index contributed by atoms with van der Waals surface area (Å²) in [5.41, 5.74) is 1.19. The number of hydrogen-bond donors (Lipinski definition) is 0. The zero-order valence-corrected chi connectivity index (χ0v) is 19.1. The van der Waals surface area contributed by atoms with Crippen LogP contribution in [0.2, 0.25) is 0 Å². The summed E-state index contributed by atoms with van der Waals surface area (Å²) in [7, 11) is 6.70. The third kappa shape index (κ3) is 5.00. The summed E-state index contributed by atoms with van der Waals surface area (Å²) < 4.78 is 6.01. The van der Waals surface area contributed by atoms with Gasteiger partial charge in [-0.2, -0.15) is 0 Å². The lowest BCUT2D eigenvalue weighted by atomic mass is 10.0. The zero-order chi connectivity index (χ0) is 21.1. The number of benzene rings is 1. The summed E-state index contributed by atoms with van der Waals surface area (Å²) in [5.74, 6) is 2.76. The average Bonchev–Trinajstić information content (AvgIpc) is 3.33. The van der Waals surface area contributed by atoms with E-state index in [4.69, 9.17) is 4.74 Å². The molecule has 1 aromatic rings. The minimum atomic E-state index is 0.122. The topological polar surface area (TPSA) is 36.0 Å². The Morgan fingerprint density at radius 2 is 1.60 bits per heavy atom. The first-order chi connectivity index (χ1) is 14.5. The lowest BCUT2D eigenvalue weighted by Gasteiger charge is -2.28. The Bertz CT molecular complexity index is 702. The fraction of sp³-hybridized carbons (Fsp3) is 0.720. The molecule has 1 aromatic carbocycles. The van der Waals surface area contributed by atoms with Crippen molar-refractivity contribution in [1.29, 1.82) is 0 Å². The summed E-state index contributed by atoms with van der Waals surface area (Å²) in [6.45, 7) is 2.80. The second kappa shape index (κ2) is 9.69. The van der Waals surface area contributed by atoms with Crippen molar-refractivity contribution in [3.05, 3.63) is 29.8 Å². The van der Waals surface area contributed by atoms with Crippen LogP contribution < -0.4 is 4.74 Å². The van der Waals surface area contributed by atoms with E-state index in [2.05, 4.69) is 43.1 Å². The molecule has 1 heterocycles. The molecule has 1 aliphatic heterocycles. The first kappa shape index (κ1) is 21.6. The van der Waals surface area contributed by atoms with E-state index in [0.29, 0.717) is 6.04 Å². The Morgan fingerprint density at radius 1 is 0.967 bits per heavy atom. The van der Waals surface area contributed by atoms with Crippen LogP contribution in [0.3, 0.4) is 0 Å². The van der Waals surface area contributed by atoms with Crippen molar-refractivity contribution in [1.82, 2.24) is 14.7 Å². The van der Waals surface area contributed by atoms with Gasteiger partial charge in [0.2, 0.25) is 0 Å². The number of ether oxygens (including phenoxy) is 1. The third-order valence-corrected chi connectivity index (χ3v) is 7.77. The summed E-state index contributed by atoms with van der Waals surface area (Å²) in [5, 5.41) is 0. The predicted molar refractivity (Wildman–Crippen MR) is 121 cm³/mol. The van der Waals surface area contributed by atoms with Gasteiger partial charge in [0.25, 0.3) is 5.91 Å². The van der Waals surface area contributed by atoms with Gasteiger partial charge >= 0.3 is 0 Å². The molecule has 5 nitrogen and oxygen atoms in total. The highest BCUT2D eigenvalue weighted by molar-refractivity contribution is 5.77. The molecule has 0 aromatic heterocycles. The van der Waals surface area contributed by atoms with Crippen molar-refractivity contribution >= 4 is 5.91 Å². The van der Waals surface area contributed by atoms with Crippen LogP contribution in [0.1, 0.15) is 50.5 Å². The Hall–Kier alpha value is -1.59. The van der Waals surface area contributed by atoms with Crippen LogP contribution in [0.15, 0.2) is 24.3 Å². The number of likely N-dealkylation sites (tertiary alicyclic amines) is 1. The number of para-hydroxylation sites is 1. The maximum Gasteiger partial charge on any atom is 0.260 e. The van der Waals surface area contributed by atoms with Crippen molar-refractivity contribution in [3.63, 3.8) is 0 Å². The van der Waals surface area contributed by atoms with Crippen molar-refractivity contribution in [2.45, 2.75) is 63.6 Å². The van der Waals surface area contributed by atoms with E-state index < -0.39 is 0 Å². The lowest BCUT2D eigenvalue weighted by molar-refractivity contribution is -0.134. The number of nitrogens with zero attached hydrogens (tertiary/aromatic N) is 3. The monoisotopic (exact) mass is 413 g/mol. The van der Waals surface area contributed by atoms with Crippen molar-refractivity contribution in [2.24, 2.45) is 11.8 Å². The molecular formula is C25H39N3O2. The Kier molecular flexibility index (Phi) is 6.99. The lowest BCUT2D eigenvalue weighted by Crippen LogP contribution is -2.38. The van der Waals surface area contributed by atoms with Crippen LogP contribution in [0.25, 0.3) is 0 Å². The van der Waals surface area contributed by atoms with Gasteiger partial charge in [-0.15, -0.1) is 0 Å². The minimum absolute atomic E-state index is 0.122. The molecule has 2 saturated carbocycles. The molecule has 0 bridgehead atoms. The number of fused-ring (bicyclic) bond motifs is 1. The second-order valence-electron chi connectivity index (χ2n) is 9.99. The molecule has 3 fully saturated rings. The van der Waals surface area contributed by atoms with E-state index in [9.17, 15) is 4.79 Å². The molecule has 1 amide bonds. The van der Waals surface area contributed by atoms with Gasteiger partial charge in [0, 0.05) is 37.3 Å². The molecule has 166 valence electrons. The van der Waals surface area contributed by atoms with Crippen LogP contribution in [0, 0.1) is 11.8 Å². The number of carbonyl (C=O) groups is 1. The fourth-order valence-electron chi connectivity index (χ4n) is 5.88. The highest BCUT2D eigenvalue weighted by Crippen LogP contribution is 2.46. The molecule has 2 unspecified atom stereocenters. The van der Waals surface area contributed by atoms with Crippen molar-refractivity contribution < 1.29 is 9.53 Å². The molecule has 0 spiro atoms. The molecule has 0 N–H and O–H groups in total. The first-order valence-corrected chi connectivity index (χ1v) is 11.9. The Labute approximate surface area is 182 Å². The third-order valence-electron chi connectivity index (χ3n) is 7.77. The van der Waals surface area contributed by atoms with Crippen LogP contribution in [0.5, 0.6) is 5.75 Å². The van der Waals surface area contributed by atoms with Crippen molar-refractivity contribution in [2.75, 3.05) is 40.8 Å². The van der Waals surface area contributed by atoms with E-state index >= 15 is 0 Å². The van der Waals surface area contributed by atoms with E-state index in [-0.39, 0.29) is 12.5 Å². The van der Waals surface area contributed by atoms with Crippen LogP contribution >= 0.6 is 0 Å². The van der Waals surface area contributed by atoms with E-state index in [1.165, 1.54) is 37.7 Å². The molecule has 0 radical (unpaired) electrons. The maximum absolute atomic E-state index is 12.5. The minimum Gasteiger partial charge on any atom is -0.483 e. The summed E-state index contributed by atoms with van der Waals surface area (Å²) in [4.78, 5) is 19.4. The van der Waals surface area contributed by atoms with Gasteiger partial charge in [0.1, 0.15) is 5.75 Å². The summed E-state index contributed by atoms with van der Waals surface area (Å²) in [6, 6.07) is 9.68. The van der Waals surface area contributed by atoms with E-state index in [1.54, 1.807) is 0 Å². The normalized spacial score (nSPS) is 28.9. The Morgan fingerprint density at radius 3 is 2.27 bits per heavy atom. The summed E-state index contributed by atoms with van der Waals surface area (Å²) in [6.07, 6.45) is 8.83. The molecule has 4 atom stereocenters. The number of carbonyl (C=O) groups excluding carboxylic acids is 1. The average molecular weight is 414 g/mol. The zero-order valence-electron chi connectivity index (χ0n) is 19.1. The van der Waals surface area contributed by atoms with Gasteiger partial charge in [-0.05, 0) is 84.0 Å². The predicted octanol–water partition coefficient (Wildman–Crippen LogP) is 3.63. The van der Waals surface area contributed by atoms with Gasteiger partial charge in [0.15, 0.2) is 6.61 Å². The number of hydrogen-bond acceptors (Lipinski definition) is 4. The van der Waals surface area contributed by atoms with Crippen LogP contribution in [0.4, 0.5) is 0 Å². The number of piperidine rings is 1. The largest absolute Gasteiger partial charge is 0.483 e. The first-order valence-electron chi connectivity index (χ1n) is 11.9. The van der Waals surface area contributed by atoms with Gasteiger partial charge in [-0.3, -0.25) is 9.69 Å². The van der Waals surface area contributed by atoms with Crippen LogP contribution in [-0.2, 0) is 11.3 Å².